The fraction of sp³-hybridized carbons (Fsp3) is 0.278. The topological polar surface area (TPSA) is 47.8 Å². The molecule has 0 radical (unpaired) electrons. The number of rotatable bonds is 1. The number of fused-ring (bicyclic) bond motifs is 2. The van der Waals surface area contributed by atoms with Crippen LogP contribution >= 0.6 is 0 Å². The van der Waals surface area contributed by atoms with E-state index in [0.717, 1.165) is 35.6 Å². The van der Waals surface area contributed by atoms with Gasteiger partial charge in [-0.05, 0) is 29.7 Å². The van der Waals surface area contributed by atoms with Crippen molar-refractivity contribution in [1.82, 2.24) is 14.5 Å². The molecular weight excluding hydrogens is 274 g/mol. The molecule has 0 unspecified atom stereocenters. The summed E-state index contributed by atoms with van der Waals surface area (Å²) in [4.78, 5) is 21.8. The van der Waals surface area contributed by atoms with Gasteiger partial charge < -0.3 is 0 Å². The monoisotopic (exact) mass is 291 g/mol. The van der Waals surface area contributed by atoms with E-state index in [-0.39, 0.29) is 11.0 Å². The Labute approximate surface area is 128 Å². The average Bonchev–Trinajstić information content (AvgIpc) is 2.82. The number of hydrogen-bond acceptors (Lipinski definition) is 3. The Bertz CT molecular complexity index is 926. The highest BCUT2D eigenvalue weighted by Gasteiger charge is 2.30. The van der Waals surface area contributed by atoms with Crippen LogP contribution < -0.4 is 5.56 Å². The van der Waals surface area contributed by atoms with E-state index in [4.69, 9.17) is 4.98 Å². The van der Waals surface area contributed by atoms with Crippen LogP contribution in [-0.2, 0) is 13.0 Å². The first kappa shape index (κ1) is 13.2. The Morgan fingerprint density at radius 1 is 1.18 bits per heavy atom. The van der Waals surface area contributed by atoms with Crippen molar-refractivity contribution >= 4 is 10.9 Å². The molecule has 0 N–H and O–H groups in total. The van der Waals surface area contributed by atoms with Crippen molar-refractivity contribution in [3.63, 3.8) is 0 Å². The predicted octanol–water partition coefficient (Wildman–Crippen LogP) is 3.04. The lowest BCUT2D eigenvalue weighted by atomic mass is 9.92. The van der Waals surface area contributed by atoms with Gasteiger partial charge >= 0.3 is 0 Å². The van der Waals surface area contributed by atoms with Crippen LogP contribution in [0.15, 0.2) is 47.4 Å². The molecule has 2 aromatic heterocycles. The maximum Gasteiger partial charge on any atom is 0.261 e. The van der Waals surface area contributed by atoms with Gasteiger partial charge in [0.2, 0.25) is 0 Å². The highest BCUT2D eigenvalue weighted by atomic mass is 16.1. The minimum absolute atomic E-state index is 0.0677. The Balaban J connectivity index is 1.93. The molecular formula is C18H17N3O. The van der Waals surface area contributed by atoms with Crippen molar-refractivity contribution in [1.29, 1.82) is 0 Å². The molecule has 4 nitrogen and oxygen atoms in total. The number of nitrogens with zero attached hydrogens (tertiary/aromatic N) is 3. The molecule has 0 amide bonds. The molecule has 0 spiro atoms. The molecule has 1 aliphatic rings. The third kappa shape index (κ3) is 2.03. The van der Waals surface area contributed by atoms with E-state index in [2.05, 4.69) is 18.8 Å². The first-order chi connectivity index (χ1) is 10.5. The summed E-state index contributed by atoms with van der Waals surface area (Å²) in [7, 11) is 0. The predicted molar refractivity (Wildman–Crippen MR) is 86.7 cm³/mol. The maximum atomic E-state index is 12.7. The van der Waals surface area contributed by atoms with Crippen molar-refractivity contribution in [2.75, 3.05) is 0 Å². The highest BCUT2D eigenvalue weighted by molar-refractivity contribution is 5.83. The Morgan fingerprint density at radius 3 is 2.82 bits per heavy atom. The van der Waals surface area contributed by atoms with Crippen molar-refractivity contribution in [3.8, 4) is 11.3 Å². The zero-order valence-corrected chi connectivity index (χ0v) is 12.7. The lowest BCUT2D eigenvalue weighted by Crippen LogP contribution is -2.22. The molecule has 4 heteroatoms. The Morgan fingerprint density at radius 2 is 2.05 bits per heavy atom. The standard InChI is InChI=1S/C18H17N3O/c1-18(2)10-16-20-15-9-12(14-5-3-4-8-19-14)6-7-13(15)17(22)21(16)11-18/h3-9H,10-11H2,1-2H3. The lowest BCUT2D eigenvalue weighted by Gasteiger charge is -2.13. The van der Waals surface area contributed by atoms with E-state index in [1.54, 1.807) is 6.20 Å². The molecule has 4 rings (SSSR count). The fourth-order valence-electron chi connectivity index (χ4n) is 3.17. The smallest absolute Gasteiger partial charge is 0.261 e. The van der Waals surface area contributed by atoms with Gasteiger partial charge in [0.15, 0.2) is 0 Å². The quantitative estimate of drug-likeness (QED) is 0.692. The van der Waals surface area contributed by atoms with Gasteiger partial charge in [-0.15, -0.1) is 0 Å². The highest BCUT2D eigenvalue weighted by Crippen LogP contribution is 2.30. The molecule has 1 aliphatic heterocycles. The summed E-state index contributed by atoms with van der Waals surface area (Å²) in [5, 5.41) is 0.682. The van der Waals surface area contributed by atoms with Gasteiger partial charge in [0.05, 0.1) is 16.6 Å². The van der Waals surface area contributed by atoms with Crippen molar-refractivity contribution in [3.05, 3.63) is 58.8 Å². The molecule has 0 fully saturated rings. The summed E-state index contributed by atoms with van der Waals surface area (Å²) in [6.45, 7) is 5.09. The summed E-state index contributed by atoms with van der Waals surface area (Å²) in [5.74, 6) is 0.890. The van der Waals surface area contributed by atoms with Gasteiger partial charge in [-0.25, -0.2) is 4.98 Å². The van der Waals surface area contributed by atoms with Crippen LogP contribution in [0.2, 0.25) is 0 Å². The average molecular weight is 291 g/mol. The van der Waals surface area contributed by atoms with E-state index >= 15 is 0 Å². The second kappa shape index (κ2) is 4.50. The summed E-state index contributed by atoms with van der Waals surface area (Å²) in [6.07, 6.45) is 2.61. The Kier molecular flexibility index (Phi) is 2.70. The lowest BCUT2D eigenvalue weighted by molar-refractivity contribution is 0.357. The molecule has 0 saturated carbocycles. The van der Waals surface area contributed by atoms with Gasteiger partial charge in [0.25, 0.3) is 5.56 Å². The van der Waals surface area contributed by atoms with Crippen LogP contribution in [-0.4, -0.2) is 14.5 Å². The molecule has 1 aromatic carbocycles. The molecule has 3 heterocycles. The fourth-order valence-corrected chi connectivity index (χ4v) is 3.17. The van der Waals surface area contributed by atoms with Crippen LogP contribution in [0.25, 0.3) is 22.2 Å². The summed E-state index contributed by atoms with van der Waals surface area (Å²) < 4.78 is 1.82. The Hall–Kier alpha value is -2.49. The van der Waals surface area contributed by atoms with E-state index in [1.165, 1.54) is 0 Å². The minimum atomic E-state index is 0.0677. The number of aromatic nitrogens is 3. The van der Waals surface area contributed by atoms with Crippen LogP contribution in [0.3, 0.4) is 0 Å². The third-order valence-electron chi connectivity index (χ3n) is 4.22. The zero-order chi connectivity index (χ0) is 15.3. The minimum Gasteiger partial charge on any atom is -0.296 e. The number of benzene rings is 1. The van der Waals surface area contributed by atoms with Crippen molar-refractivity contribution in [2.45, 2.75) is 26.8 Å². The molecule has 0 aliphatic carbocycles. The second-order valence-corrected chi connectivity index (χ2v) is 6.71. The first-order valence-electron chi connectivity index (χ1n) is 7.48. The van der Waals surface area contributed by atoms with E-state index in [1.807, 2.05) is 41.0 Å². The molecule has 110 valence electrons. The summed E-state index contributed by atoms with van der Waals surface area (Å²) in [6, 6.07) is 11.6. The zero-order valence-electron chi connectivity index (χ0n) is 12.7. The molecule has 3 aromatic rings. The van der Waals surface area contributed by atoms with Gasteiger partial charge in [-0.3, -0.25) is 14.3 Å². The van der Waals surface area contributed by atoms with Gasteiger partial charge in [-0.2, -0.15) is 0 Å². The van der Waals surface area contributed by atoms with Crippen LogP contribution in [0.4, 0.5) is 0 Å². The van der Waals surface area contributed by atoms with Crippen molar-refractivity contribution in [2.24, 2.45) is 5.41 Å². The molecule has 22 heavy (non-hydrogen) atoms. The van der Waals surface area contributed by atoms with Gasteiger partial charge in [0, 0.05) is 24.7 Å². The second-order valence-electron chi connectivity index (χ2n) is 6.71. The van der Waals surface area contributed by atoms with E-state index in [0.29, 0.717) is 5.39 Å². The van der Waals surface area contributed by atoms with Crippen LogP contribution in [0.5, 0.6) is 0 Å². The molecule has 0 atom stereocenters. The first-order valence-corrected chi connectivity index (χ1v) is 7.48. The summed E-state index contributed by atoms with van der Waals surface area (Å²) in [5.41, 5.74) is 2.81. The van der Waals surface area contributed by atoms with Crippen LogP contribution in [0.1, 0.15) is 19.7 Å². The number of pyridine rings is 1. The maximum absolute atomic E-state index is 12.7. The third-order valence-corrected chi connectivity index (χ3v) is 4.22. The van der Waals surface area contributed by atoms with Gasteiger partial charge in [0.1, 0.15) is 5.82 Å². The van der Waals surface area contributed by atoms with Crippen LogP contribution in [0, 0.1) is 5.41 Å². The summed E-state index contributed by atoms with van der Waals surface area (Å²) >= 11 is 0. The largest absolute Gasteiger partial charge is 0.296 e. The van der Waals surface area contributed by atoms with Gasteiger partial charge in [-0.1, -0.05) is 26.0 Å². The van der Waals surface area contributed by atoms with E-state index in [9.17, 15) is 4.79 Å². The normalized spacial score (nSPS) is 15.9. The molecule has 0 saturated heterocycles. The van der Waals surface area contributed by atoms with Crippen molar-refractivity contribution < 1.29 is 0 Å². The number of hydrogen-bond donors (Lipinski definition) is 0. The SMILES string of the molecule is CC1(C)Cc2nc3cc(-c4ccccn4)ccc3c(=O)n2C1. The molecule has 0 bridgehead atoms. The van der Waals surface area contributed by atoms with E-state index < -0.39 is 0 Å².